The van der Waals surface area contributed by atoms with Crippen molar-refractivity contribution >= 4 is 153 Å². The zero-order valence-electron chi connectivity index (χ0n) is 18.0. The molecule has 2 aromatic carbocycles. The van der Waals surface area contributed by atoms with Crippen LogP contribution >= 0.6 is 67.8 Å². The first-order valence-corrected chi connectivity index (χ1v) is 13.3. The van der Waals surface area contributed by atoms with Crippen molar-refractivity contribution in [3.8, 4) is 0 Å². The second-order valence-corrected chi connectivity index (χ2v) is 11.0. The van der Waals surface area contributed by atoms with E-state index in [1.807, 2.05) is 74.7 Å². The molecule has 175 valence electrons. The van der Waals surface area contributed by atoms with Gasteiger partial charge in [-0.05, 0) is 86.8 Å². The molecule has 0 unspecified atom stereocenters. The number of amides is 2. The van der Waals surface area contributed by atoms with E-state index in [2.05, 4.69) is 10.6 Å². The van der Waals surface area contributed by atoms with Crippen molar-refractivity contribution in [2.45, 2.75) is 32.2 Å². The van der Waals surface area contributed by atoms with Gasteiger partial charge >= 0.3 is 5.97 Å². The van der Waals surface area contributed by atoms with Gasteiger partial charge in [0.1, 0.15) is 0 Å². The number of rotatable bonds is 5. The molecule has 0 aliphatic carbocycles. The molecule has 2 amide bonds. The second-order valence-electron chi connectivity index (χ2n) is 6.35. The molecule has 4 N–H and O–H groups in total. The predicted molar refractivity (Wildman–Crippen MR) is 150 cm³/mol. The van der Waals surface area contributed by atoms with Crippen LogP contribution in [-0.2, 0) is 26.3 Å². The quantitative estimate of drug-likeness (QED) is 0.204. The maximum Gasteiger partial charge on any atom is 0.337 e. The van der Waals surface area contributed by atoms with E-state index in [0.29, 0.717) is 18.4 Å². The van der Waals surface area contributed by atoms with Gasteiger partial charge < -0.3 is 15.7 Å². The zero-order valence-corrected chi connectivity index (χ0v) is 28.4. The van der Waals surface area contributed by atoms with Crippen LogP contribution in [0.25, 0.3) is 0 Å². The Balaban J connectivity index is 0.000000720. The van der Waals surface area contributed by atoms with Crippen LogP contribution in [0.1, 0.15) is 35.3 Å². The Labute approximate surface area is 275 Å². The summed E-state index contributed by atoms with van der Waals surface area (Å²) in [6.07, 6.45) is 0. The summed E-state index contributed by atoms with van der Waals surface area (Å²) in [5.41, 5.74) is 2.22. The number of carbonyl (C=O) groups is 3. The first kappa shape index (κ1) is 33.6. The normalized spacial score (nSPS) is 10.3. The minimum absolute atomic E-state index is 0. The van der Waals surface area contributed by atoms with Crippen LogP contribution in [0.3, 0.4) is 0 Å². The molecule has 0 spiro atoms. The number of benzene rings is 2. The van der Waals surface area contributed by atoms with Crippen molar-refractivity contribution in [2.75, 3.05) is 5.32 Å². The third-order valence-corrected chi connectivity index (χ3v) is 8.08. The Morgan fingerprint density at radius 2 is 1.45 bits per heavy atom. The van der Waals surface area contributed by atoms with Crippen molar-refractivity contribution in [3.63, 3.8) is 0 Å². The molecule has 0 aliphatic heterocycles. The summed E-state index contributed by atoms with van der Waals surface area (Å²) in [7, 11) is -4.02. The largest absolute Gasteiger partial charge is 0.478 e. The van der Waals surface area contributed by atoms with E-state index in [0.717, 1.165) is 9.13 Å². The summed E-state index contributed by atoms with van der Waals surface area (Å²) in [5, 5.41) is 14.7. The van der Waals surface area contributed by atoms with Crippen LogP contribution in [0, 0.1) is 17.6 Å². The fourth-order valence-corrected chi connectivity index (χ4v) is 7.03. The molecule has 0 fully saturated rings. The minimum Gasteiger partial charge on any atom is -0.478 e. The van der Waals surface area contributed by atoms with Gasteiger partial charge in [-0.25, -0.2) is 4.79 Å². The van der Waals surface area contributed by atoms with E-state index in [9.17, 15) is 27.9 Å². The Hall–Kier alpha value is 0.586. The summed E-state index contributed by atoms with van der Waals surface area (Å²) in [6.45, 7) is 4.79. The number of nitrogens with one attached hydrogen (secondary N) is 2. The molecule has 2 rings (SSSR count). The van der Waals surface area contributed by atoms with E-state index in [4.69, 9.17) is 4.55 Å². The third kappa shape index (κ3) is 10.6. The summed E-state index contributed by atoms with van der Waals surface area (Å²) in [4.78, 5) is 33.8. The summed E-state index contributed by atoms with van der Waals surface area (Å²) in [5.74, 6) is -1.57. The van der Waals surface area contributed by atoms with Crippen LogP contribution in [0.15, 0.2) is 29.2 Å². The minimum atomic E-state index is -4.02. The molecule has 1 radical (unpaired) electrons. The van der Waals surface area contributed by atoms with Crippen LogP contribution in [0.4, 0.5) is 5.69 Å². The molecule has 0 saturated carbocycles. The number of carbonyl (C=O) groups excluding carboxylic acids is 2. The topological polar surface area (TPSA) is 150 Å². The van der Waals surface area contributed by atoms with E-state index in [-0.39, 0.29) is 80.2 Å². The number of anilines is 1. The Morgan fingerprint density at radius 1 is 0.939 bits per heavy atom. The van der Waals surface area contributed by atoms with Gasteiger partial charge in [-0.3, -0.25) is 14.1 Å². The number of hydrogen-bond donors (Lipinski definition) is 4. The molecule has 0 bridgehead atoms. The third-order valence-electron chi connectivity index (χ3n) is 3.76. The molecule has 0 aromatic heterocycles. The number of aromatic carboxylic acids is 1. The Kier molecular flexibility index (Phi) is 15.2. The SMILES string of the molecule is CC(=O)NCc1c(I)c(NC(C)=O)c(I)c(C(=O)O)c1I.Cc1ccc(S(=O)(=O)O)cc1.[K]. The smallest absolute Gasteiger partial charge is 0.337 e. The number of aryl methyl sites for hydroxylation is 1. The standard InChI is InChI=1S/C12H11I3N2O4.C7H8O3S.K/c1-4(18)16-3-6-8(13)7(12(20)21)10(15)11(9(6)14)17-5(2)19;1-6-2-4-7(5-3-6)11(8,9)10;/h3H2,1-2H3,(H,16,18)(H,17,19)(H,20,21);2-5H,1H3,(H,8,9,10);. The second kappa shape index (κ2) is 15.0. The first-order chi connectivity index (χ1) is 14.7. The van der Waals surface area contributed by atoms with Gasteiger partial charge in [-0.2, -0.15) is 8.42 Å². The van der Waals surface area contributed by atoms with E-state index >= 15 is 0 Å². The molecule has 33 heavy (non-hydrogen) atoms. The van der Waals surface area contributed by atoms with Crippen LogP contribution in [-0.4, -0.2) is 87.2 Å². The number of carboxylic acids is 1. The predicted octanol–water partition coefficient (Wildman–Crippen LogP) is 3.65. The van der Waals surface area contributed by atoms with Gasteiger partial charge in [0.05, 0.1) is 19.7 Å². The van der Waals surface area contributed by atoms with Crippen molar-refractivity contribution in [1.82, 2.24) is 5.32 Å². The maximum atomic E-state index is 11.5. The average Bonchev–Trinajstić information content (AvgIpc) is 2.64. The zero-order chi connectivity index (χ0) is 24.8. The molecule has 2 aromatic rings. The van der Waals surface area contributed by atoms with E-state index < -0.39 is 16.1 Å². The fraction of sp³-hybridized carbons (Fsp3) is 0.211. The number of halogens is 3. The van der Waals surface area contributed by atoms with E-state index in [1.54, 1.807) is 12.1 Å². The van der Waals surface area contributed by atoms with Gasteiger partial charge in [0.25, 0.3) is 10.1 Å². The van der Waals surface area contributed by atoms with Crippen molar-refractivity contribution in [1.29, 1.82) is 0 Å². The van der Waals surface area contributed by atoms with Gasteiger partial charge in [-0.1, -0.05) is 17.7 Å². The summed E-state index contributed by atoms with van der Waals surface area (Å²) in [6, 6.07) is 5.99. The Bertz CT molecular complexity index is 1160. The molecule has 0 atom stereocenters. The van der Waals surface area contributed by atoms with Crippen LogP contribution in [0.2, 0.25) is 0 Å². The van der Waals surface area contributed by atoms with Crippen molar-refractivity contribution in [3.05, 3.63) is 51.7 Å². The Morgan fingerprint density at radius 3 is 1.85 bits per heavy atom. The number of carboxylic acid groups (broad SMARTS) is 1. The van der Waals surface area contributed by atoms with Crippen LogP contribution < -0.4 is 10.6 Å². The fourth-order valence-electron chi connectivity index (χ4n) is 2.27. The average molecular weight is 839 g/mol. The molecule has 0 saturated heterocycles. The van der Waals surface area contributed by atoms with E-state index in [1.165, 1.54) is 26.0 Å². The van der Waals surface area contributed by atoms with Gasteiger partial charge in [0.2, 0.25) is 11.8 Å². The molecule has 0 aliphatic rings. The molecule has 0 heterocycles. The van der Waals surface area contributed by atoms with Gasteiger partial charge in [0.15, 0.2) is 0 Å². The van der Waals surface area contributed by atoms with Crippen molar-refractivity contribution < 1.29 is 32.5 Å². The summed E-state index contributed by atoms with van der Waals surface area (Å²) >= 11 is 5.90. The molecular weight excluding hydrogens is 820 g/mol. The molecule has 9 nitrogen and oxygen atoms in total. The molecular formula is C19H19I3KN2O7S. The van der Waals surface area contributed by atoms with Crippen molar-refractivity contribution in [2.24, 2.45) is 0 Å². The van der Waals surface area contributed by atoms with Gasteiger partial charge in [-0.15, -0.1) is 0 Å². The van der Waals surface area contributed by atoms with Crippen LogP contribution in [0.5, 0.6) is 0 Å². The van der Waals surface area contributed by atoms with Gasteiger partial charge in [0, 0.05) is 84.5 Å². The first-order valence-electron chi connectivity index (χ1n) is 8.65. The number of hydrogen-bond acceptors (Lipinski definition) is 5. The summed E-state index contributed by atoms with van der Waals surface area (Å²) < 4.78 is 31.3. The monoisotopic (exact) mass is 839 g/mol. The molecule has 14 heteroatoms. The maximum absolute atomic E-state index is 11.5.